The number of hydrogen-bond donors (Lipinski definition) is 1. The lowest BCUT2D eigenvalue weighted by Gasteiger charge is -2.26. The van der Waals surface area contributed by atoms with Crippen LogP contribution in [0, 0.1) is 0 Å². The van der Waals surface area contributed by atoms with Crippen LogP contribution in [0.1, 0.15) is 32.6 Å². The maximum Gasteiger partial charge on any atom is 0.326 e. The Balaban J connectivity index is 1.54. The first kappa shape index (κ1) is 17.9. The van der Waals surface area contributed by atoms with Crippen molar-refractivity contribution in [2.45, 2.75) is 49.6 Å². The average molecular weight is 365 g/mol. The molecule has 1 unspecified atom stereocenters. The molecule has 136 valence electrons. The first-order valence-electron chi connectivity index (χ1n) is 8.62. The Morgan fingerprint density at radius 1 is 1.28 bits per heavy atom. The molecule has 1 aliphatic carbocycles. The quantitative estimate of drug-likeness (QED) is 0.749. The monoisotopic (exact) mass is 365 g/mol. The summed E-state index contributed by atoms with van der Waals surface area (Å²) in [7, 11) is 0. The molecule has 1 N–H and O–H groups in total. The van der Waals surface area contributed by atoms with E-state index in [1.807, 2.05) is 18.2 Å². The number of nitrogens with zero attached hydrogens (tertiary/aromatic N) is 1. The lowest BCUT2D eigenvalue weighted by atomic mass is 10.2. The summed E-state index contributed by atoms with van der Waals surface area (Å²) in [4.78, 5) is 26.2. The number of amides is 1. The average Bonchev–Trinajstić information content (AvgIpc) is 3.41. The van der Waals surface area contributed by atoms with E-state index in [4.69, 9.17) is 9.47 Å². The molecule has 2 aliphatic rings. The van der Waals surface area contributed by atoms with E-state index in [2.05, 4.69) is 0 Å². The number of aliphatic carboxylic acids is 1. The van der Waals surface area contributed by atoms with Crippen LogP contribution in [0.4, 0.5) is 0 Å². The van der Waals surface area contributed by atoms with Gasteiger partial charge in [-0.3, -0.25) is 4.79 Å². The van der Waals surface area contributed by atoms with Crippen LogP contribution in [-0.4, -0.2) is 52.9 Å². The number of carboxylic acids is 1. The molecule has 1 saturated carbocycles. The molecular weight excluding hydrogens is 342 g/mol. The lowest BCUT2D eigenvalue weighted by molar-refractivity contribution is -0.149. The number of carboxylic acid groups (broad SMARTS) is 1. The summed E-state index contributed by atoms with van der Waals surface area (Å²) in [6.07, 6.45) is 3.00. The van der Waals surface area contributed by atoms with Crippen LogP contribution in [0.5, 0.6) is 11.5 Å². The summed E-state index contributed by atoms with van der Waals surface area (Å²) in [5.74, 6) is 1.07. The highest BCUT2D eigenvalue weighted by Gasteiger charge is 2.37. The van der Waals surface area contributed by atoms with Gasteiger partial charge >= 0.3 is 5.97 Å². The number of rotatable bonds is 7. The molecule has 7 heteroatoms. The minimum atomic E-state index is -0.948. The Morgan fingerprint density at radius 2 is 2.00 bits per heavy atom. The van der Waals surface area contributed by atoms with E-state index in [0.29, 0.717) is 25.4 Å². The largest absolute Gasteiger partial charge is 0.490 e. The number of hydrogen-bond acceptors (Lipinski definition) is 5. The normalized spacial score (nSPS) is 17.5. The Labute approximate surface area is 151 Å². The molecule has 1 aromatic rings. The third-order valence-corrected chi connectivity index (χ3v) is 5.30. The second kappa shape index (κ2) is 7.99. The van der Waals surface area contributed by atoms with Crippen molar-refractivity contribution in [3.8, 4) is 11.5 Å². The molecule has 0 spiro atoms. The molecule has 1 atom stereocenters. The minimum absolute atomic E-state index is 0.0840. The Bertz CT molecular complexity index is 646. The second-order valence-corrected chi connectivity index (χ2v) is 7.47. The maximum absolute atomic E-state index is 12.4. The molecule has 0 aromatic heterocycles. The molecular formula is C18H23NO5S. The fourth-order valence-electron chi connectivity index (χ4n) is 2.83. The summed E-state index contributed by atoms with van der Waals surface area (Å²) < 4.78 is 11.3. The van der Waals surface area contributed by atoms with Gasteiger partial charge in [0.05, 0.1) is 13.2 Å². The molecule has 0 radical (unpaired) electrons. The number of ether oxygens (including phenoxy) is 2. The van der Waals surface area contributed by atoms with Crippen LogP contribution in [0.2, 0.25) is 0 Å². The van der Waals surface area contributed by atoms with Gasteiger partial charge in [0, 0.05) is 29.5 Å². The highest BCUT2D eigenvalue weighted by molar-refractivity contribution is 7.99. The topological polar surface area (TPSA) is 76.1 Å². The van der Waals surface area contributed by atoms with E-state index in [9.17, 15) is 14.7 Å². The molecule has 1 heterocycles. The number of fused-ring (bicyclic) bond motifs is 1. The van der Waals surface area contributed by atoms with Gasteiger partial charge in [-0.15, -0.1) is 11.8 Å². The van der Waals surface area contributed by atoms with Gasteiger partial charge in [-0.05, 0) is 38.0 Å². The zero-order chi connectivity index (χ0) is 17.8. The van der Waals surface area contributed by atoms with Crippen molar-refractivity contribution in [3.63, 3.8) is 0 Å². The van der Waals surface area contributed by atoms with E-state index in [1.165, 1.54) is 4.90 Å². The van der Waals surface area contributed by atoms with Crippen molar-refractivity contribution in [3.05, 3.63) is 18.2 Å². The summed E-state index contributed by atoms with van der Waals surface area (Å²) in [5, 5.41) is 9.19. The third-order valence-electron chi connectivity index (χ3n) is 4.31. The van der Waals surface area contributed by atoms with E-state index in [-0.39, 0.29) is 11.9 Å². The SMILES string of the molecule is CC(C(=O)O)N(C(=O)CCSc1ccc2c(c1)OCCCO2)C1CC1. The number of carbonyl (C=O) groups excluding carboxylic acids is 1. The van der Waals surface area contributed by atoms with Crippen LogP contribution in [0.25, 0.3) is 0 Å². The van der Waals surface area contributed by atoms with E-state index in [1.54, 1.807) is 18.7 Å². The number of carbonyl (C=O) groups is 2. The third kappa shape index (κ3) is 4.60. The molecule has 6 nitrogen and oxygen atoms in total. The predicted molar refractivity (Wildman–Crippen MR) is 94.4 cm³/mol. The molecule has 25 heavy (non-hydrogen) atoms. The number of benzene rings is 1. The molecule has 3 rings (SSSR count). The Morgan fingerprint density at radius 3 is 2.68 bits per heavy atom. The van der Waals surface area contributed by atoms with Crippen LogP contribution in [0.3, 0.4) is 0 Å². The zero-order valence-electron chi connectivity index (χ0n) is 14.3. The van der Waals surface area contributed by atoms with Crippen molar-refractivity contribution in [2.75, 3.05) is 19.0 Å². The molecule has 0 saturated heterocycles. The smallest absolute Gasteiger partial charge is 0.326 e. The molecule has 1 aromatic carbocycles. The van der Waals surface area contributed by atoms with Gasteiger partial charge in [0.25, 0.3) is 0 Å². The van der Waals surface area contributed by atoms with Gasteiger partial charge in [0.15, 0.2) is 11.5 Å². The molecule has 1 aliphatic heterocycles. The first-order chi connectivity index (χ1) is 12.1. The summed E-state index contributed by atoms with van der Waals surface area (Å²) in [6, 6.07) is 5.13. The fourth-order valence-corrected chi connectivity index (χ4v) is 3.69. The van der Waals surface area contributed by atoms with Crippen molar-refractivity contribution in [1.82, 2.24) is 4.90 Å². The molecule has 1 fully saturated rings. The van der Waals surface area contributed by atoms with Gasteiger partial charge in [-0.1, -0.05) is 0 Å². The summed E-state index contributed by atoms with van der Waals surface area (Å²) in [5.41, 5.74) is 0. The van der Waals surface area contributed by atoms with E-state index < -0.39 is 12.0 Å². The van der Waals surface area contributed by atoms with Crippen LogP contribution < -0.4 is 9.47 Å². The first-order valence-corrected chi connectivity index (χ1v) is 9.61. The van der Waals surface area contributed by atoms with Gasteiger partial charge in [0.2, 0.25) is 5.91 Å². The Hall–Kier alpha value is -1.89. The highest BCUT2D eigenvalue weighted by Crippen LogP contribution is 2.34. The molecule has 1 amide bonds. The minimum Gasteiger partial charge on any atom is -0.490 e. The van der Waals surface area contributed by atoms with E-state index >= 15 is 0 Å². The van der Waals surface area contributed by atoms with Gasteiger partial charge in [-0.25, -0.2) is 4.79 Å². The Kier molecular flexibility index (Phi) is 5.73. The van der Waals surface area contributed by atoms with E-state index in [0.717, 1.165) is 35.7 Å². The lowest BCUT2D eigenvalue weighted by Crippen LogP contribution is -2.44. The number of thioether (sulfide) groups is 1. The van der Waals surface area contributed by atoms with Gasteiger partial charge < -0.3 is 19.5 Å². The van der Waals surface area contributed by atoms with Gasteiger partial charge in [-0.2, -0.15) is 0 Å². The molecule has 0 bridgehead atoms. The van der Waals surface area contributed by atoms with Crippen molar-refractivity contribution >= 4 is 23.6 Å². The van der Waals surface area contributed by atoms with Crippen molar-refractivity contribution < 1.29 is 24.2 Å². The van der Waals surface area contributed by atoms with Crippen LogP contribution in [-0.2, 0) is 9.59 Å². The summed E-state index contributed by atoms with van der Waals surface area (Å²) >= 11 is 1.57. The summed E-state index contributed by atoms with van der Waals surface area (Å²) in [6.45, 7) is 2.88. The maximum atomic E-state index is 12.4. The standard InChI is InChI=1S/C18H23NO5S/c1-12(18(21)22)19(13-3-4-13)17(20)7-10-25-14-5-6-15-16(11-14)24-9-2-8-23-15/h5-6,11-13H,2-4,7-10H2,1H3,(H,21,22). The van der Waals surface area contributed by atoms with Crippen molar-refractivity contribution in [2.24, 2.45) is 0 Å². The van der Waals surface area contributed by atoms with Crippen LogP contribution >= 0.6 is 11.8 Å². The zero-order valence-corrected chi connectivity index (χ0v) is 15.1. The predicted octanol–water partition coefficient (Wildman–Crippen LogP) is 2.79. The van der Waals surface area contributed by atoms with Crippen LogP contribution in [0.15, 0.2) is 23.1 Å². The second-order valence-electron chi connectivity index (χ2n) is 6.30. The highest BCUT2D eigenvalue weighted by atomic mass is 32.2. The van der Waals surface area contributed by atoms with Crippen molar-refractivity contribution in [1.29, 1.82) is 0 Å². The fraction of sp³-hybridized carbons (Fsp3) is 0.556. The van der Waals surface area contributed by atoms with Gasteiger partial charge in [0.1, 0.15) is 6.04 Å².